The van der Waals surface area contributed by atoms with Crippen LogP contribution in [0.25, 0.3) is 0 Å². The number of esters is 1. The lowest BCUT2D eigenvalue weighted by Crippen LogP contribution is -2.13. The van der Waals surface area contributed by atoms with E-state index < -0.39 is 5.97 Å². The molecule has 0 aromatic carbocycles. The molecule has 0 amide bonds. The second-order valence-electron chi connectivity index (χ2n) is 3.82. The fourth-order valence-electron chi connectivity index (χ4n) is 1.44. The Morgan fingerprint density at radius 1 is 1.33 bits per heavy atom. The topological polar surface area (TPSA) is 64.1 Å². The van der Waals surface area contributed by atoms with Crippen molar-refractivity contribution in [3.8, 4) is 0 Å². The van der Waals surface area contributed by atoms with Gasteiger partial charge in [-0.25, -0.2) is 14.8 Å². The number of hydrogen-bond donors (Lipinski definition) is 1. The van der Waals surface area contributed by atoms with Crippen LogP contribution in [0.1, 0.15) is 43.0 Å². The number of methoxy groups -OCH3 is 1. The molecule has 0 aliphatic heterocycles. The Balaban J connectivity index is 3.14. The molecular formula is C12H18BrN3O2. The molecule has 0 atom stereocenters. The Labute approximate surface area is 115 Å². The second kappa shape index (κ2) is 7.31. The quantitative estimate of drug-likeness (QED) is 0.818. The highest BCUT2D eigenvalue weighted by atomic mass is 79.9. The highest BCUT2D eigenvalue weighted by Crippen LogP contribution is 2.25. The van der Waals surface area contributed by atoms with Crippen molar-refractivity contribution in [3.63, 3.8) is 0 Å². The van der Waals surface area contributed by atoms with Crippen molar-refractivity contribution in [3.05, 3.63) is 16.0 Å². The van der Waals surface area contributed by atoms with Crippen molar-refractivity contribution in [1.29, 1.82) is 0 Å². The smallest absolute Gasteiger partial charge is 0.376 e. The van der Waals surface area contributed by atoms with Gasteiger partial charge >= 0.3 is 5.97 Å². The van der Waals surface area contributed by atoms with Gasteiger partial charge in [0.05, 0.1) is 17.3 Å². The first-order valence-corrected chi connectivity index (χ1v) is 6.81. The lowest BCUT2D eigenvalue weighted by atomic mass is 10.2. The van der Waals surface area contributed by atoms with E-state index in [1.165, 1.54) is 7.11 Å². The zero-order valence-corrected chi connectivity index (χ0v) is 12.5. The maximum Gasteiger partial charge on any atom is 0.376 e. The van der Waals surface area contributed by atoms with Crippen LogP contribution in [0.5, 0.6) is 0 Å². The van der Waals surface area contributed by atoms with E-state index in [9.17, 15) is 4.79 Å². The van der Waals surface area contributed by atoms with E-state index in [1.54, 1.807) is 0 Å². The van der Waals surface area contributed by atoms with Crippen molar-refractivity contribution >= 4 is 27.7 Å². The van der Waals surface area contributed by atoms with Crippen LogP contribution in [0.4, 0.5) is 5.82 Å². The third kappa shape index (κ3) is 3.66. The van der Waals surface area contributed by atoms with Gasteiger partial charge in [0, 0.05) is 6.54 Å². The first kappa shape index (κ1) is 14.9. The van der Waals surface area contributed by atoms with Gasteiger partial charge in [-0.3, -0.25) is 0 Å². The van der Waals surface area contributed by atoms with Crippen LogP contribution in [0.3, 0.4) is 0 Å². The van der Waals surface area contributed by atoms with Gasteiger partial charge in [-0.15, -0.1) is 0 Å². The van der Waals surface area contributed by atoms with Crippen LogP contribution in [-0.4, -0.2) is 29.6 Å². The summed E-state index contributed by atoms with van der Waals surface area (Å²) in [6, 6.07) is 0. The van der Waals surface area contributed by atoms with Gasteiger partial charge in [-0.2, -0.15) is 0 Å². The average molecular weight is 316 g/mol. The molecule has 18 heavy (non-hydrogen) atoms. The van der Waals surface area contributed by atoms with E-state index in [4.69, 9.17) is 0 Å². The summed E-state index contributed by atoms with van der Waals surface area (Å²) in [4.78, 5) is 19.9. The first-order valence-electron chi connectivity index (χ1n) is 6.02. The summed E-state index contributed by atoms with van der Waals surface area (Å²) in [6.07, 6.45) is 2.71. The van der Waals surface area contributed by atoms with Crippen LogP contribution in [0.2, 0.25) is 0 Å². The van der Waals surface area contributed by atoms with Crippen molar-refractivity contribution in [1.82, 2.24) is 9.97 Å². The molecule has 1 heterocycles. The Kier molecular flexibility index (Phi) is 6.04. The third-order valence-corrected chi connectivity index (χ3v) is 3.15. The zero-order valence-electron chi connectivity index (χ0n) is 10.9. The summed E-state index contributed by atoms with van der Waals surface area (Å²) >= 11 is 3.48. The van der Waals surface area contributed by atoms with E-state index >= 15 is 0 Å². The average Bonchev–Trinajstić information content (AvgIpc) is 2.39. The normalized spacial score (nSPS) is 10.2. The molecule has 0 aliphatic carbocycles. The van der Waals surface area contributed by atoms with Crippen molar-refractivity contribution < 1.29 is 9.53 Å². The van der Waals surface area contributed by atoms with Crippen LogP contribution in [0.15, 0.2) is 4.47 Å². The number of carbonyl (C=O) groups excluding carboxylic acids is 1. The zero-order chi connectivity index (χ0) is 13.5. The van der Waals surface area contributed by atoms with E-state index in [0.717, 1.165) is 36.0 Å². The van der Waals surface area contributed by atoms with Crippen LogP contribution < -0.4 is 5.32 Å². The molecule has 0 fully saturated rings. The monoisotopic (exact) mass is 315 g/mol. The van der Waals surface area contributed by atoms with Crippen LogP contribution in [-0.2, 0) is 11.2 Å². The van der Waals surface area contributed by atoms with Crippen molar-refractivity contribution in [2.45, 2.75) is 33.1 Å². The maximum atomic E-state index is 11.5. The van der Waals surface area contributed by atoms with Gasteiger partial charge in [0.1, 0.15) is 5.82 Å². The molecule has 5 nitrogen and oxygen atoms in total. The van der Waals surface area contributed by atoms with Crippen molar-refractivity contribution in [2.24, 2.45) is 0 Å². The van der Waals surface area contributed by atoms with Crippen LogP contribution in [0, 0.1) is 0 Å². The number of hydrogen-bond acceptors (Lipinski definition) is 5. The molecule has 0 spiro atoms. The Bertz CT molecular complexity index is 424. The van der Waals surface area contributed by atoms with Gasteiger partial charge in [-0.1, -0.05) is 20.3 Å². The molecule has 1 N–H and O–H groups in total. The summed E-state index contributed by atoms with van der Waals surface area (Å²) in [5, 5.41) is 3.18. The summed E-state index contributed by atoms with van der Waals surface area (Å²) < 4.78 is 5.49. The standard InChI is InChI=1S/C12H18BrN3O2/c1-4-6-8-9(13)10(14-7-5-2)16-11(15-8)12(17)18-3/h4-7H2,1-3H3,(H,14,15,16). The van der Waals surface area contributed by atoms with Crippen molar-refractivity contribution in [2.75, 3.05) is 19.0 Å². The fraction of sp³-hybridized carbons (Fsp3) is 0.583. The number of anilines is 1. The molecule has 0 aliphatic rings. The molecule has 0 bridgehead atoms. The number of carbonyl (C=O) groups is 1. The lowest BCUT2D eigenvalue weighted by molar-refractivity contribution is 0.0586. The molecule has 1 aromatic heterocycles. The lowest BCUT2D eigenvalue weighted by Gasteiger charge is -2.11. The predicted octanol–water partition coefficient (Wildman–Crippen LogP) is 2.80. The number of nitrogens with zero attached hydrogens (tertiary/aromatic N) is 2. The summed E-state index contributed by atoms with van der Waals surface area (Å²) in [6.45, 7) is 4.92. The number of rotatable bonds is 6. The number of nitrogens with one attached hydrogen (secondary N) is 1. The van der Waals surface area contributed by atoms with Gasteiger partial charge in [-0.05, 0) is 28.8 Å². The van der Waals surface area contributed by atoms with E-state index in [0.29, 0.717) is 5.82 Å². The molecule has 6 heteroatoms. The number of halogens is 1. The molecule has 0 unspecified atom stereocenters. The van der Waals surface area contributed by atoms with E-state index in [-0.39, 0.29) is 5.82 Å². The molecule has 0 saturated heterocycles. The minimum Gasteiger partial charge on any atom is -0.463 e. The number of ether oxygens (including phenoxy) is 1. The molecule has 100 valence electrons. The Hall–Kier alpha value is -1.17. The Morgan fingerprint density at radius 3 is 2.61 bits per heavy atom. The molecule has 0 saturated carbocycles. The first-order chi connectivity index (χ1) is 8.63. The maximum absolute atomic E-state index is 11.5. The van der Waals surface area contributed by atoms with Gasteiger partial charge in [0.2, 0.25) is 5.82 Å². The summed E-state index contributed by atoms with van der Waals surface area (Å²) in [5.41, 5.74) is 0.825. The summed E-state index contributed by atoms with van der Waals surface area (Å²) in [5.74, 6) is 0.234. The third-order valence-electron chi connectivity index (χ3n) is 2.32. The van der Waals surface area contributed by atoms with E-state index in [2.05, 4.69) is 49.8 Å². The van der Waals surface area contributed by atoms with E-state index in [1.807, 2.05) is 0 Å². The minimum atomic E-state index is -0.514. The van der Waals surface area contributed by atoms with Crippen LogP contribution >= 0.6 is 15.9 Å². The fourth-order valence-corrected chi connectivity index (χ4v) is 1.95. The molecule has 1 aromatic rings. The SMILES string of the molecule is CCCNc1nc(C(=O)OC)nc(CCC)c1Br. The summed E-state index contributed by atoms with van der Waals surface area (Å²) in [7, 11) is 1.33. The highest BCUT2D eigenvalue weighted by Gasteiger charge is 2.16. The second-order valence-corrected chi connectivity index (χ2v) is 4.62. The Morgan fingerprint density at radius 2 is 2.06 bits per heavy atom. The van der Waals surface area contributed by atoms with Gasteiger partial charge in [0.15, 0.2) is 0 Å². The largest absolute Gasteiger partial charge is 0.463 e. The molecule has 1 rings (SSSR count). The predicted molar refractivity (Wildman–Crippen MR) is 73.8 cm³/mol. The van der Waals surface area contributed by atoms with Gasteiger partial charge in [0.25, 0.3) is 0 Å². The minimum absolute atomic E-state index is 0.0998. The molecule has 0 radical (unpaired) electrons. The highest BCUT2D eigenvalue weighted by molar-refractivity contribution is 9.10. The number of aromatic nitrogens is 2. The number of aryl methyl sites for hydroxylation is 1. The van der Waals surface area contributed by atoms with Gasteiger partial charge < -0.3 is 10.1 Å². The molecular weight excluding hydrogens is 298 g/mol.